The molecule has 0 atom stereocenters. The summed E-state index contributed by atoms with van der Waals surface area (Å²) in [5.74, 6) is 0.269. The Morgan fingerprint density at radius 3 is 2.82 bits per heavy atom. The summed E-state index contributed by atoms with van der Waals surface area (Å²) in [6.07, 6.45) is 3.58. The minimum Gasteiger partial charge on any atom is -0.458 e. The molecule has 0 radical (unpaired) electrons. The molecule has 0 spiro atoms. The number of furan rings is 1. The first-order valence-electron chi connectivity index (χ1n) is 6.68. The van der Waals surface area contributed by atoms with Gasteiger partial charge in [0.1, 0.15) is 12.6 Å². The minimum atomic E-state index is -0.608. The lowest BCUT2D eigenvalue weighted by Crippen LogP contribution is -2.12. The second-order valence-corrected chi connectivity index (χ2v) is 4.90. The van der Waals surface area contributed by atoms with Crippen LogP contribution in [0.25, 0.3) is 11.1 Å². The fourth-order valence-corrected chi connectivity index (χ4v) is 2.56. The van der Waals surface area contributed by atoms with Gasteiger partial charge in [-0.15, -0.1) is 10.2 Å². The number of amides is 1. The number of carbonyl (C=O) groups excluding carboxylic acids is 1. The molecular formula is C15H11N5O2. The van der Waals surface area contributed by atoms with Gasteiger partial charge in [0.2, 0.25) is 0 Å². The smallest absolute Gasteiger partial charge is 0.285 e. The first-order valence-corrected chi connectivity index (χ1v) is 6.68. The van der Waals surface area contributed by atoms with Gasteiger partial charge in [-0.2, -0.15) is 5.10 Å². The van der Waals surface area contributed by atoms with Crippen molar-refractivity contribution in [3.8, 4) is 11.1 Å². The van der Waals surface area contributed by atoms with E-state index in [4.69, 9.17) is 10.2 Å². The molecular weight excluding hydrogens is 282 g/mol. The Kier molecular flexibility index (Phi) is 2.65. The first kappa shape index (κ1) is 12.5. The van der Waals surface area contributed by atoms with Gasteiger partial charge in [0.05, 0.1) is 12.1 Å². The number of nitrogens with two attached hydrogens (primary N) is 1. The maximum absolute atomic E-state index is 11.7. The van der Waals surface area contributed by atoms with Crippen molar-refractivity contribution in [2.24, 2.45) is 10.8 Å². The molecule has 0 unspecified atom stereocenters. The fourth-order valence-electron chi connectivity index (χ4n) is 2.56. The van der Waals surface area contributed by atoms with E-state index in [2.05, 4.69) is 15.3 Å². The summed E-state index contributed by atoms with van der Waals surface area (Å²) >= 11 is 0. The Bertz CT molecular complexity index is 892. The Hall–Kier alpha value is -3.22. The normalized spacial score (nSPS) is 13.0. The number of benzene rings is 1. The predicted molar refractivity (Wildman–Crippen MR) is 78.3 cm³/mol. The maximum Gasteiger partial charge on any atom is 0.285 e. The second-order valence-electron chi connectivity index (χ2n) is 4.90. The highest BCUT2D eigenvalue weighted by molar-refractivity contribution is 6.11. The van der Waals surface area contributed by atoms with Crippen LogP contribution in [-0.2, 0) is 6.42 Å². The molecule has 0 bridgehead atoms. The largest absolute Gasteiger partial charge is 0.458 e. The van der Waals surface area contributed by atoms with Gasteiger partial charge >= 0.3 is 0 Å². The zero-order valence-electron chi connectivity index (χ0n) is 11.4. The number of rotatable bonds is 3. The summed E-state index contributed by atoms with van der Waals surface area (Å²) in [6, 6.07) is 9.49. The Morgan fingerprint density at radius 2 is 2.09 bits per heavy atom. The van der Waals surface area contributed by atoms with E-state index < -0.39 is 5.91 Å². The molecule has 1 aliphatic heterocycles. The average Bonchev–Trinajstić information content (AvgIpc) is 3.21. The molecule has 108 valence electrons. The van der Waals surface area contributed by atoms with Crippen LogP contribution in [0.15, 0.2) is 52.4 Å². The van der Waals surface area contributed by atoms with Gasteiger partial charge < -0.3 is 10.2 Å². The summed E-state index contributed by atoms with van der Waals surface area (Å²) in [4.78, 5) is 11.7. The number of hydrogen-bond acceptors (Lipinski definition) is 5. The van der Waals surface area contributed by atoms with E-state index in [1.54, 1.807) is 11.0 Å². The zero-order valence-corrected chi connectivity index (χ0v) is 11.4. The first-order chi connectivity index (χ1) is 10.7. The zero-order chi connectivity index (χ0) is 15.1. The summed E-state index contributed by atoms with van der Waals surface area (Å²) in [6.45, 7) is 0. The average molecular weight is 293 g/mol. The lowest BCUT2D eigenvalue weighted by molar-refractivity contribution is 0.0975. The van der Waals surface area contributed by atoms with Crippen molar-refractivity contribution in [3.63, 3.8) is 0 Å². The standard InChI is InChI=1S/C15H11N5O2/c16-15(21)14-13(9-4-2-1-3-5-9)10(7-22-14)11-6-12-18-17-8-20(12)19-11/h1-5,7-8H,6H2,(H2,16,21). The van der Waals surface area contributed by atoms with Crippen LogP contribution in [0.5, 0.6) is 0 Å². The van der Waals surface area contributed by atoms with Crippen molar-refractivity contribution in [1.82, 2.24) is 14.9 Å². The van der Waals surface area contributed by atoms with Gasteiger partial charge in [-0.05, 0) is 5.56 Å². The molecule has 3 heterocycles. The van der Waals surface area contributed by atoms with Crippen LogP contribution < -0.4 is 5.73 Å². The fraction of sp³-hybridized carbons (Fsp3) is 0.0667. The van der Waals surface area contributed by atoms with Gasteiger partial charge in [0.15, 0.2) is 11.6 Å². The Labute approximate surface area is 125 Å². The molecule has 7 nitrogen and oxygen atoms in total. The summed E-state index contributed by atoms with van der Waals surface area (Å²) in [7, 11) is 0. The van der Waals surface area contributed by atoms with Gasteiger partial charge in [0.25, 0.3) is 5.91 Å². The van der Waals surface area contributed by atoms with Crippen LogP contribution in [-0.4, -0.2) is 26.5 Å². The molecule has 22 heavy (non-hydrogen) atoms. The van der Waals surface area contributed by atoms with Crippen LogP contribution in [0, 0.1) is 0 Å². The van der Waals surface area contributed by atoms with Crippen LogP contribution in [0.3, 0.4) is 0 Å². The molecule has 1 amide bonds. The maximum atomic E-state index is 11.7. The number of primary amides is 1. The molecule has 2 N–H and O–H groups in total. The van der Waals surface area contributed by atoms with Crippen molar-refractivity contribution in [1.29, 1.82) is 0 Å². The number of hydrogen-bond donors (Lipinski definition) is 1. The third-order valence-electron chi connectivity index (χ3n) is 3.54. The van der Waals surface area contributed by atoms with Gasteiger partial charge in [-0.3, -0.25) is 4.79 Å². The van der Waals surface area contributed by atoms with Crippen LogP contribution in [0.1, 0.15) is 21.9 Å². The van der Waals surface area contributed by atoms with Gasteiger partial charge in [-0.1, -0.05) is 30.3 Å². The van der Waals surface area contributed by atoms with Crippen LogP contribution in [0.4, 0.5) is 0 Å². The van der Waals surface area contributed by atoms with Gasteiger partial charge in [-0.25, -0.2) is 4.68 Å². The second kappa shape index (κ2) is 4.66. The Morgan fingerprint density at radius 1 is 1.27 bits per heavy atom. The number of nitrogens with zero attached hydrogens (tertiary/aromatic N) is 4. The third-order valence-corrected chi connectivity index (χ3v) is 3.54. The molecule has 0 saturated heterocycles. The highest BCUT2D eigenvalue weighted by Gasteiger charge is 2.26. The molecule has 0 fully saturated rings. The van der Waals surface area contributed by atoms with E-state index in [1.165, 1.54) is 6.26 Å². The van der Waals surface area contributed by atoms with E-state index in [9.17, 15) is 4.79 Å². The predicted octanol–water partition coefficient (Wildman–Crippen LogP) is 1.45. The summed E-state index contributed by atoms with van der Waals surface area (Å²) in [5.41, 5.74) is 8.44. The van der Waals surface area contributed by atoms with Crippen LogP contribution in [0.2, 0.25) is 0 Å². The number of carbonyl (C=O) groups is 1. The van der Waals surface area contributed by atoms with Crippen molar-refractivity contribution in [3.05, 3.63) is 60.1 Å². The lowest BCUT2D eigenvalue weighted by atomic mass is 9.97. The van der Waals surface area contributed by atoms with E-state index in [-0.39, 0.29) is 5.76 Å². The molecule has 1 aliphatic rings. The monoisotopic (exact) mass is 293 g/mol. The Balaban J connectivity index is 1.88. The SMILES string of the molecule is NC(=O)c1occ(C2=Nn3cnnc3C2)c1-c1ccccc1. The number of aromatic nitrogens is 3. The molecule has 0 saturated carbocycles. The van der Waals surface area contributed by atoms with Crippen molar-refractivity contribution in [2.45, 2.75) is 6.42 Å². The molecule has 3 aromatic rings. The minimum absolute atomic E-state index is 0.131. The van der Waals surface area contributed by atoms with E-state index in [1.807, 2.05) is 30.3 Å². The van der Waals surface area contributed by atoms with Crippen molar-refractivity contribution in [2.75, 3.05) is 0 Å². The molecule has 1 aromatic carbocycles. The molecule has 0 aliphatic carbocycles. The topological polar surface area (TPSA) is 99.3 Å². The highest BCUT2D eigenvalue weighted by Crippen LogP contribution is 2.31. The quantitative estimate of drug-likeness (QED) is 0.789. The summed E-state index contributed by atoms with van der Waals surface area (Å²) < 4.78 is 7.01. The van der Waals surface area contributed by atoms with Crippen LogP contribution >= 0.6 is 0 Å². The van der Waals surface area contributed by atoms with E-state index in [0.29, 0.717) is 12.0 Å². The number of fused-ring (bicyclic) bond motifs is 1. The van der Waals surface area contributed by atoms with E-state index >= 15 is 0 Å². The van der Waals surface area contributed by atoms with Crippen molar-refractivity contribution < 1.29 is 9.21 Å². The molecule has 2 aromatic heterocycles. The third kappa shape index (κ3) is 1.83. The molecule has 4 rings (SSSR count). The molecule has 7 heteroatoms. The van der Waals surface area contributed by atoms with Gasteiger partial charge in [0, 0.05) is 11.1 Å². The lowest BCUT2D eigenvalue weighted by Gasteiger charge is -2.04. The highest BCUT2D eigenvalue weighted by atomic mass is 16.3. The van der Waals surface area contributed by atoms with Crippen molar-refractivity contribution >= 4 is 11.6 Å². The van der Waals surface area contributed by atoms with E-state index in [0.717, 1.165) is 22.7 Å². The summed E-state index contributed by atoms with van der Waals surface area (Å²) in [5, 5.41) is 12.2.